The highest BCUT2D eigenvalue weighted by Crippen LogP contribution is 2.30. The zero-order valence-corrected chi connectivity index (χ0v) is 14.0. The van der Waals surface area contributed by atoms with Gasteiger partial charge in [-0.2, -0.15) is 13.2 Å². The fourth-order valence-corrected chi connectivity index (χ4v) is 2.70. The molecule has 0 fully saturated rings. The molecule has 3 aromatic rings. The van der Waals surface area contributed by atoms with Crippen LogP contribution in [-0.2, 0) is 17.5 Å². The molecule has 0 aliphatic carbocycles. The number of ether oxygens (including phenoxy) is 1. The Morgan fingerprint density at radius 1 is 1.15 bits per heavy atom. The van der Waals surface area contributed by atoms with Crippen LogP contribution in [0.5, 0.6) is 5.75 Å². The molecule has 0 aliphatic rings. The number of alkyl halides is 3. The molecular formula is C19H17F3N2O2. The van der Waals surface area contributed by atoms with Gasteiger partial charge in [0.05, 0.1) is 12.2 Å². The molecule has 1 aromatic heterocycles. The van der Waals surface area contributed by atoms with Crippen molar-refractivity contribution < 1.29 is 22.7 Å². The van der Waals surface area contributed by atoms with Crippen molar-refractivity contribution in [3.8, 4) is 5.75 Å². The van der Waals surface area contributed by atoms with Crippen molar-refractivity contribution in [3.05, 3.63) is 60.3 Å². The van der Waals surface area contributed by atoms with Crippen molar-refractivity contribution in [2.24, 2.45) is 0 Å². The van der Waals surface area contributed by atoms with Gasteiger partial charge in [0.25, 0.3) is 0 Å². The fraction of sp³-hybridized carbons (Fsp3) is 0.211. The third kappa shape index (κ3) is 3.99. The van der Waals surface area contributed by atoms with Gasteiger partial charge in [0.2, 0.25) is 5.91 Å². The van der Waals surface area contributed by atoms with Gasteiger partial charge in [0.1, 0.15) is 12.3 Å². The second-order valence-corrected chi connectivity index (χ2v) is 5.72. The van der Waals surface area contributed by atoms with Gasteiger partial charge in [0.15, 0.2) is 0 Å². The maximum Gasteiger partial charge on any atom is 0.416 e. The normalized spacial score (nSPS) is 11.5. The quantitative estimate of drug-likeness (QED) is 0.715. The minimum absolute atomic E-state index is 0.00622. The number of nitrogens with zero attached hydrogens (tertiary/aromatic N) is 1. The smallest absolute Gasteiger partial charge is 0.416 e. The Kier molecular flexibility index (Phi) is 4.88. The summed E-state index contributed by atoms with van der Waals surface area (Å²) in [6.45, 7) is 2.45. The standard InChI is InChI=1S/C19H17F3N2O2/c1-2-26-16-6-7-17-13(10-16)8-9-24(17)12-18(25)23-15-5-3-4-14(11-15)19(20,21)22/h3-11H,2,12H2,1H3,(H,23,25). The maximum absolute atomic E-state index is 12.7. The molecular weight excluding hydrogens is 345 g/mol. The number of anilines is 1. The lowest BCUT2D eigenvalue weighted by atomic mass is 10.2. The van der Waals surface area contributed by atoms with Crippen LogP contribution in [0.4, 0.5) is 18.9 Å². The van der Waals surface area contributed by atoms with E-state index in [1.54, 1.807) is 10.8 Å². The van der Waals surface area contributed by atoms with Gasteiger partial charge < -0.3 is 14.6 Å². The molecule has 0 bridgehead atoms. The number of hydrogen-bond acceptors (Lipinski definition) is 2. The van der Waals surface area contributed by atoms with Crippen LogP contribution in [0.2, 0.25) is 0 Å². The average Bonchev–Trinajstić information content (AvgIpc) is 2.97. The fourth-order valence-electron chi connectivity index (χ4n) is 2.70. The van der Waals surface area contributed by atoms with Gasteiger partial charge in [-0.25, -0.2) is 0 Å². The predicted octanol–water partition coefficient (Wildman–Crippen LogP) is 4.70. The molecule has 0 aliphatic heterocycles. The van der Waals surface area contributed by atoms with Crippen LogP contribution in [0.15, 0.2) is 54.7 Å². The number of hydrogen-bond donors (Lipinski definition) is 1. The van der Waals surface area contributed by atoms with E-state index in [4.69, 9.17) is 4.74 Å². The van der Waals surface area contributed by atoms with Crippen molar-refractivity contribution in [3.63, 3.8) is 0 Å². The van der Waals surface area contributed by atoms with Crippen LogP contribution in [-0.4, -0.2) is 17.1 Å². The second-order valence-electron chi connectivity index (χ2n) is 5.72. The number of benzene rings is 2. The molecule has 0 unspecified atom stereocenters. The molecule has 2 aromatic carbocycles. The van der Waals surface area contributed by atoms with Crippen molar-refractivity contribution in [1.82, 2.24) is 4.57 Å². The summed E-state index contributed by atoms with van der Waals surface area (Å²) < 4.78 is 45.4. The monoisotopic (exact) mass is 362 g/mol. The molecule has 26 heavy (non-hydrogen) atoms. The molecule has 1 amide bonds. The van der Waals surface area contributed by atoms with E-state index in [9.17, 15) is 18.0 Å². The van der Waals surface area contributed by atoms with Crippen molar-refractivity contribution in [2.75, 3.05) is 11.9 Å². The summed E-state index contributed by atoms with van der Waals surface area (Å²) in [4.78, 5) is 12.2. The first kappa shape index (κ1) is 17.8. The summed E-state index contributed by atoms with van der Waals surface area (Å²) in [5.41, 5.74) is 0.151. The minimum atomic E-state index is -4.45. The summed E-state index contributed by atoms with van der Waals surface area (Å²) in [7, 11) is 0. The van der Waals surface area contributed by atoms with Gasteiger partial charge in [-0.15, -0.1) is 0 Å². The molecule has 0 spiro atoms. The van der Waals surface area contributed by atoms with E-state index in [0.717, 1.165) is 28.8 Å². The molecule has 4 nitrogen and oxygen atoms in total. The van der Waals surface area contributed by atoms with E-state index in [0.29, 0.717) is 6.61 Å². The Balaban J connectivity index is 1.73. The van der Waals surface area contributed by atoms with Gasteiger partial charge in [-0.3, -0.25) is 4.79 Å². The summed E-state index contributed by atoms with van der Waals surface area (Å²) in [5, 5.41) is 3.42. The first-order valence-corrected chi connectivity index (χ1v) is 8.05. The summed E-state index contributed by atoms with van der Waals surface area (Å²) in [5.74, 6) is 0.335. The van der Waals surface area contributed by atoms with E-state index in [2.05, 4.69) is 5.32 Å². The molecule has 0 saturated heterocycles. The lowest BCUT2D eigenvalue weighted by molar-refractivity contribution is -0.137. The third-order valence-corrected chi connectivity index (χ3v) is 3.84. The molecule has 0 atom stereocenters. The van der Waals surface area contributed by atoms with Gasteiger partial charge in [0, 0.05) is 22.8 Å². The number of carbonyl (C=O) groups is 1. The number of halogens is 3. The topological polar surface area (TPSA) is 43.3 Å². The first-order chi connectivity index (χ1) is 12.4. The van der Waals surface area contributed by atoms with Crippen LogP contribution in [0.3, 0.4) is 0 Å². The molecule has 1 heterocycles. The Hall–Kier alpha value is -2.96. The molecule has 0 radical (unpaired) electrons. The van der Waals surface area contributed by atoms with Gasteiger partial charge >= 0.3 is 6.18 Å². The second kappa shape index (κ2) is 7.11. The Bertz CT molecular complexity index is 932. The van der Waals surface area contributed by atoms with Crippen molar-refractivity contribution in [1.29, 1.82) is 0 Å². The van der Waals surface area contributed by atoms with E-state index >= 15 is 0 Å². The summed E-state index contributed by atoms with van der Waals surface area (Å²) in [6, 6.07) is 12.0. The maximum atomic E-state index is 12.7. The lowest BCUT2D eigenvalue weighted by Crippen LogP contribution is -2.18. The highest BCUT2D eigenvalue weighted by atomic mass is 19.4. The molecule has 3 rings (SSSR count). The Morgan fingerprint density at radius 2 is 1.96 bits per heavy atom. The third-order valence-electron chi connectivity index (χ3n) is 3.84. The Labute approximate surface area is 148 Å². The number of carbonyl (C=O) groups excluding carboxylic acids is 1. The number of nitrogens with one attached hydrogen (secondary N) is 1. The molecule has 136 valence electrons. The number of rotatable bonds is 5. The zero-order valence-electron chi connectivity index (χ0n) is 14.0. The zero-order chi connectivity index (χ0) is 18.7. The van der Waals surface area contributed by atoms with Gasteiger partial charge in [-0.1, -0.05) is 6.07 Å². The van der Waals surface area contributed by atoms with Crippen LogP contribution in [0.25, 0.3) is 10.9 Å². The number of fused-ring (bicyclic) bond motifs is 1. The lowest BCUT2D eigenvalue weighted by Gasteiger charge is -2.11. The summed E-state index contributed by atoms with van der Waals surface area (Å²) in [6.07, 6.45) is -2.69. The Morgan fingerprint density at radius 3 is 2.69 bits per heavy atom. The largest absolute Gasteiger partial charge is 0.494 e. The minimum Gasteiger partial charge on any atom is -0.494 e. The van der Waals surface area contributed by atoms with Crippen LogP contribution in [0.1, 0.15) is 12.5 Å². The van der Waals surface area contributed by atoms with E-state index in [1.807, 2.05) is 31.2 Å². The van der Waals surface area contributed by atoms with Crippen molar-refractivity contribution >= 4 is 22.5 Å². The predicted molar refractivity (Wildman–Crippen MR) is 93.2 cm³/mol. The SMILES string of the molecule is CCOc1ccc2c(ccn2CC(=O)Nc2cccc(C(F)(F)F)c2)c1. The number of aromatic nitrogens is 1. The first-order valence-electron chi connectivity index (χ1n) is 8.05. The number of amides is 1. The van der Waals surface area contributed by atoms with E-state index in [-0.39, 0.29) is 12.2 Å². The summed E-state index contributed by atoms with van der Waals surface area (Å²) >= 11 is 0. The van der Waals surface area contributed by atoms with Crippen LogP contribution >= 0.6 is 0 Å². The van der Waals surface area contributed by atoms with E-state index in [1.165, 1.54) is 12.1 Å². The average molecular weight is 362 g/mol. The highest BCUT2D eigenvalue weighted by Gasteiger charge is 2.30. The van der Waals surface area contributed by atoms with Gasteiger partial charge in [-0.05, 0) is 49.4 Å². The molecule has 1 N–H and O–H groups in total. The molecule has 7 heteroatoms. The molecule has 0 saturated carbocycles. The van der Waals surface area contributed by atoms with Crippen LogP contribution < -0.4 is 10.1 Å². The van der Waals surface area contributed by atoms with Crippen LogP contribution in [0, 0.1) is 0 Å². The highest BCUT2D eigenvalue weighted by molar-refractivity contribution is 5.92. The van der Waals surface area contributed by atoms with E-state index < -0.39 is 17.6 Å². The van der Waals surface area contributed by atoms with Crippen molar-refractivity contribution in [2.45, 2.75) is 19.6 Å².